The summed E-state index contributed by atoms with van der Waals surface area (Å²) in [5.74, 6) is 1.35. The van der Waals surface area contributed by atoms with Crippen LogP contribution < -0.4 is 9.80 Å². The van der Waals surface area contributed by atoms with Crippen LogP contribution in [0.2, 0.25) is 0 Å². The third-order valence-corrected chi connectivity index (χ3v) is 4.36. The molecule has 0 spiro atoms. The van der Waals surface area contributed by atoms with Crippen LogP contribution in [-0.2, 0) is 14.2 Å². The lowest BCUT2D eigenvalue weighted by molar-refractivity contribution is -0.141. The lowest BCUT2D eigenvalue weighted by Gasteiger charge is -2.41. The number of hydrogen-bond donors (Lipinski definition) is 0. The second-order valence-corrected chi connectivity index (χ2v) is 6.23. The van der Waals surface area contributed by atoms with E-state index in [9.17, 15) is 0 Å². The van der Waals surface area contributed by atoms with Crippen molar-refractivity contribution in [2.24, 2.45) is 0 Å². The standard InChI is InChI=1S/C17H25N7O3/c1-13-6-19-16(20-7-13)23-4-5-24(17-21-11-18-12-22-17)14(8-23)9-27-10-15(25-2)26-3/h6-7,11-12,14-15H,4-5,8-10H2,1-3H3. The smallest absolute Gasteiger partial charge is 0.228 e. The van der Waals surface area contributed by atoms with Crippen molar-refractivity contribution in [2.45, 2.75) is 19.3 Å². The molecule has 0 N–H and O–H groups in total. The maximum Gasteiger partial charge on any atom is 0.228 e. The topological polar surface area (TPSA) is 98.6 Å². The highest BCUT2D eigenvalue weighted by atomic mass is 16.7. The van der Waals surface area contributed by atoms with E-state index in [4.69, 9.17) is 14.2 Å². The first-order valence-corrected chi connectivity index (χ1v) is 8.77. The molecule has 0 bridgehead atoms. The van der Waals surface area contributed by atoms with Gasteiger partial charge in [-0.15, -0.1) is 0 Å². The highest BCUT2D eigenvalue weighted by Gasteiger charge is 2.30. The molecule has 1 fully saturated rings. The number of ether oxygens (including phenoxy) is 3. The van der Waals surface area contributed by atoms with Crippen molar-refractivity contribution in [3.63, 3.8) is 0 Å². The number of hydrogen-bond acceptors (Lipinski definition) is 10. The molecule has 1 aliphatic heterocycles. The molecule has 10 nitrogen and oxygen atoms in total. The van der Waals surface area contributed by atoms with Gasteiger partial charge in [0.1, 0.15) is 12.7 Å². The van der Waals surface area contributed by atoms with Crippen LogP contribution in [0, 0.1) is 6.92 Å². The molecule has 3 rings (SSSR count). The van der Waals surface area contributed by atoms with E-state index >= 15 is 0 Å². The van der Waals surface area contributed by atoms with Crippen molar-refractivity contribution < 1.29 is 14.2 Å². The summed E-state index contributed by atoms with van der Waals surface area (Å²) in [4.78, 5) is 25.6. The van der Waals surface area contributed by atoms with Crippen molar-refractivity contribution >= 4 is 11.9 Å². The molecule has 0 amide bonds. The van der Waals surface area contributed by atoms with Gasteiger partial charge in [0.2, 0.25) is 11.9 Å². The summed E-state index contributed by atoms with van der Waals surface area (Å²) in [5.41, 5.74) is 1.03. The van der Waals surface area contributed by atoms with Crippen LogP contribution in [0.5, 0.6) is 0 Å². The Morgan fingerprint density at radius 2 is 1.74 bits per heavy atom. The number of aromatic nitrogens is 5. The van der Waals surface area contributed by atoms with E-state index in [-0.39, 0.29) is 6.04 Å². The Morgan fingerprint density at radius 1 is 1.04 bits per heavy atom. The minimum Gasteiger partial charge on any atom is -0.374 e. The molecule has 0 aromatic carbocycles. The van der Waals surface area contributed by atoms with Gasteiger partial charge in [-0.1, -0.05) is 0 Å². The van der Waals surface area contributed by atoms with Crippen molar-refractivity contribution in [3.8, 4) is 0 Å². The average molecular weight is 375 g/mol. The van der Waals surface area contributed by atoms with Crippen LogP contribution in [0.4, 0.5) is 11.9 Å². The fraction of sp³-hybridized carbons (Fsp3) is 0.588. The highest BCUT2D eigenvalue weighted by Crippen LogP contribution is 2.19. The second kappa shape index (κ2) is 9.49. The summed E-state index contributed by atoms with van der Waals surface area (Å²) in [5, 5.41) is 0. The molecular formula is C17H25N7O3. The molecule has 1 saturated heterocycles. The van der Waals surface area contributed by atoms with Gasteiger partial charge in [-0.05, 0) is 12.5 Å². The van der Waals surface area contributed by atoms with Crippen LogP contribution >= 0.6 is 0 Å². The first-order valence-electron chi connectivity index (χ1n) is 8.77. The Balaban J connectivity index is 1.70. The van der Waals surface area contributed by atoms with Crippen LogP contribution in [0.15, 0.2) is 25.0 Å². The second-order valence-electron chi connectivity index (χ2n) is 6.23. The Hall–Kier alpha value is -2.43. The third kappa shape index (κ3) is 5.06. The maximum absolute atomic E-state index is 5.84. The van der Waals surface area contributed by atoms with E-state index in [2.05, 4.69) is 34.7 Å². The third-order valence-electron chi connectivity index (χ3n) is 4.36. The SMILES string of the molecule is COC(COCC1CN(c2ncc(C)cn2)CCN1c1ncncn1)OC. The summed E-state index contributed by atoms with van der Waals surface area (Å²) in [6.45, 7) is 4.98. The van der Waals surface area contributed by atoms with Crippen molar-refractivity contribution in [1.82, 2.24) is 24.9 Å². The number of nitrogens with zero attached hydrogens (tertiary/aromatic N) is 7. The molecule has 0 saturated carbocycles. The number of methoxy groups -OCH3 is 2. The largest absolute Gasteiger partial charge is 0.374 e. The van der Waals surface area contributed by atoms with E-state index in [1.54, 1.807) is 14.2 Å². The Kier molecular flexibility index (Phi) is 6.80. The molecule has 10 heteroatoms. The number of piperazine rings is 1. The Morgan fingerprint density at radius 3 is 2.41 bits per heavy atom. The molecule has 146 valence electrons. The lowest BCUT2D eigenvalue weighted by Crippen LogP contribution is -2.56. The van der Waals surface area contributed by atoms with Crippen LogP contribution in [0.1, 0.15) is 5.56 Å². The predicted molar refractivity (Wildman–Crippen MR) is 98.6 cm³/mol. The molecule has 0 radical (unpaired) electrons. The molecule has 2 aromatic rings. The lowest BCUT2D eigenvalue weighted by atomic mass is 10.2. The van der Waals surface area contributed by atoms with E-state index in [1.807, 2.05) is 19.3 Å². The fourth-order valence-corrected chi connectivity index (χ4v) is 2.91. The molecule has 1 aliphatic rings. The number of aryl methyl sites for hydroxylation is 1. The molecule has 2 aromatic heterocycles. The summed E-state index contributed by atoms with van der Waals surface area (Å²) in [7, 11) is 3.18. The monoisotopic (exact) mass is 375 g/mol. The average Bonchev–Trinajstić information content (AvgIpc) is 2.72. The first-order chi connectivity index (χ1) is 13.2. The van der Waals surface area contributed by atoms with E-state index in [0.717, 1.165) is 18.7 Å². The van der Waals surface area contributed by atoms with Gasteiger partial charge < -0.3 is 24.0 Å². The molecule has 1 atom stereocenters. The van der Waals surface area contributed by atoms with Gasteiger partial charge in [0.25, 0.3) is 0 Å². The van der Waals surface area contributed by atoms with Crippen molar-refractivity contribution in [2.75, 3.05) is 56.9 Å². The normalized spacial score (nSPS) is 17.6. The highest BCUT2D eigenvalue weighted by molar-refractivity contribution is 5.39. The molecule has 3 heterocycles. The van der Waals surface area contributed by atoms with Gasteiger partial charge in [0, 0.05) is 46.2 Å². The van der Waals surface area contributed by atoms with Gasteiger partial charge in [0.05, 0.1) is 19.3 Å². The summed E-state index contributed by atoms with van der Waals surface area (Å²) >= 11 is 0. The molecular weight excluding hydrogens is 350 g/mol. The zero-order chi connectivity index (χ0) is 19.1. The van der Waals surface area contributed by atoms with E-state index in [0.29, 0.717) is 31.7 Å². The summed E-state index contributed by atoms with van der Waals surface area (Å²) in [6, 6.07) is 0.0282. The molecule has 27 heavy (non-hydrogen) atoms. The number of rotatable bonds is 8. The van der Waals surface area contributed by atoms with Crippen molar-refractivity contribution in [1.29, 1.82) is 0 Å². The zero-order valence-corrected chi connectivity index (χ0v) is 15.9. The minimum absolute atomic E-state index is 0.0282. The maximum atomic E-state index is 5.84. The van der Waals surface area contributed by atoms with Gasteiger partial charge in [0.15, 0.2) is 6.29 Å². The van der Waals surface area contributed by atoms with Gasteiger partial charge >= 0.3 is 0 Å². The number of anilines is 2. The van der Waals surface area contributed by atoms with Crippen molar-refractivity contribution in [3.05, 3.63) is 30.6 Å². The predicted octanol–water partition coefficient (Wildman–Crippen LogP) is 0.301. The summed E-state index contributed by atoms with van der Waals surface area (Å²) < 4.78 is 16.2. The van der Waals surface area contributed by atoms with Gasteiger partial charge in [-0.25, -0.2) is 24.9 Å². The zero-order valence-electron chi connectivity index (χ0n) is 15.9. The Bertz CT molecular complexity index is 685. The Labute approximate surface area is 158 Å². The quantitative estimate of drug-likeness (QED) is 0.599. The van der Waals surface area contributed by atoms with Gasteiger partial charge in [-0.2, -0.15) is 0 Å². The molecule has 1 unspecified atom stereocenters. The van der Waals surface area contributed by atoms with E-state index in [1.165, 1.54) is 12.7 Å². The van der Waals surface area contributed by atoms with Crippen LogP contribution in [-0.4, -0.2) is 84.3 Å². The fourth-order valence-electron chi connectivity index (χ4n) is 2.91. The van der Waals surface area contributed by atoms with E-state index < -0.39 is 6.29 Å². The van der Waals surface area contributed by atoms with Crippen LogP contribution in [0.3, 0.4) is 0 Å². The molecule has 0 aliphatic carbocycles. The minimum atomic E-state index is -0.393. The first kappa shape index (κ1) is 19.3. The van der Waals surface area contributed by atoms with Crippen LogP contribution in [0.25, 0.3) is 0 Å². The van der Waals surface area contributed by atoms with Gasteiger partial charge in [-0.3, -0.25) is 0 Å². The summed E-state index contributed by atoms with van der Waals surface area (Å²) in [6.07, 6.45) is 6.27.